The first kappa shape index (κ1) is 14.9. The van der Waals surface area contributed by atoms with Crippen LogP contribution in [0.1, 0.15) is 5.56 Å². The molecule has 0 radical (unpaired) electrons. The van der Waals surface area contributed by atoms with Gasteiger partial charge < -0.3 is 4.90 Å². The highest BCUT2D eigenvalue weighted by atomic mass is 16.2. The molecule has 4 rings (SSSR count). The Bertz CT molecular complexity index is 772. The number of imide groups is 1. The molecule has 7 heteroatoms. The van der Waals surface area contributed by atoms with Gasteiger partial charge in [0.05, 0.1) is 11.9 Å². The zero-order valence-corrected chi connectivity index (χ0v) is 13.5. The molecular weight excluding hydrogens is 306 g/mol. The molecule has 0 bridgehead atoms. The average molecular weight is 325 g/mol. The Balaban J connectivity index is 1.51. The maximum Gasteiger partial charge on any atom is 0.332 e. The Morgan fingerprint density at radius 1 is 1.17 bits per heavy atom. The first-order valence-corrected chi connectivity index (χ1v) is 8.03. The van der Waals surface area contributed by atoms with E-state index in [0.29, 0.717) is 18.8 Å². The summed E-state index contributed by atoms with van der Waals surface area (Å²) in [6.45, 7) is 2.62. The largest absolute Gasteiger partial charge is 0.332 e. The number of hydrogen-bond acceptors (Lipinski definition) is 4. The molecule has 7 nitrogen and oxygen atoms in total. The molecule has 2 fully saturated rings. The number of aryl methyl sites for hydroxylation is 1. The summed E-state index contributed by atoms with van der Waals surface area (Å²) in [5.41, 5.74) is 1.75. The lowest BCUT2D eigenvalue weighted by molar-refractivity contribution is -0.121. The number of piperazine rings is 1. The second-order valence-electron chi connectivity index (χ2n) is 6.26. The van der Waals surface area contributed by atoms with Crippen molar-refractivity contribution >= 4 is 17.6 Å². The lowest BCUT2D eigenvalue weighted by Gasteiger charge is -2.35. The van der Waals surface area contributed by atoms with E-state index in [1.165, 1.54) is 4.90 Å². The molecule has 0 saturated carbocycles. The molecule has 0 spiro atoms. The van der Waals surface area contributed by atoms with Crippen LogP contribution in [0.25, 0.3) is 0 Å². The summed E-state index contributed by atoms with van der Waals surface area (Å²) in [6.07, 6.45) is 3.81. The first-order chi connectivity index (χ1) is 11.6. The summed E-state index contributed by atoms with van der Waals surface area (Å²) in [5, 5.41) is 4.18. The minimum Gasteiger partial charge on any atom is -0.309 e. The predicted octanol–water partition coefficient (Wildman–Crippen LogP) is 1.07. The number of carbonyl (C=O) groups is 2. The van der Waals surface area contributed by atoms with Crippen LogP contribution >= 0.6 is 0 Å². The zero-order valence-electron chi connectivity index (χ0n) is 13.5. The van der Waals surface area contributed by atoms with Gasteiger partial charge in [-0.1, -0.05) is 18.2 Å². The zero-order chi connectivity index (χ0) is 16.7. The van der Waals surface area contributed by atoms with Crippen molar-refractivity contribution < 1.29 is 9.59 Å². The van der Waals surface area contributed by atoms with Gasteiger partial charge in [0.1, 0.15) is 6.04 Å². The quantitative estimate of drug-likeness (QED) is 0.792. The molecule has 2 aliphatic heterocycles. The molecule has 1 aromatic carbocycles. The molecule has 24 heavy (non-hydrogen) atoms. The molecular formula is C17H19N5O2. The number of fused-ring (bicyclic) bond motifs is 1. The van der Waals surface area contributed by atoms with Crippen LogP contribution in [-0.2, 0) is 18.4 Å². The molecule has 1 atom stereocenters. The van der Waals surface area contributed by atoms with Crippen molar-refractivity contribution in [2.75, 3.05) is 24.5 Å². The molecule has 124 valence electrons. The number of hydrogen-bond donors (Lipinski definition) is 0. The highest BCUT2D eigenvalue weighted by Gasteiger charge is 2.48. The van der Waals surface area contributed by atoms with Gasteiger partial charge in [0.25, 0.3) is 5.91 Å². The summed E-state index contributed by atoms with van der Waals surface area (Å²) in [4.78, 5) is 30.6. The smallest absolute Gasteiger partial charge is 0.309 e. The summed E-state index contributed by atoms with van der Waals surface area (Å²) < 4.78 is 1.77. The van der Waals surface area contributed by atoms with Crippen LogP contribution in [-0.4, -0.2) is 57.2 Å². The third-order valence-corrected chi connectivity index (χ3v) is 4.59. The Hall–Kier alpha value is -2.67. The van der Waals surface area contributed by atoms with E-state index in [2.05, 4.69) is 10.00 Å². The molecule has 0 N–H and O–H groups in total. The molecule has 3 heterocycles. The van der Waals surface area contributed by atoms with Gasteiger partial charge in [-0.15, -0.1) is 0 Å². The van der Waals surface area contributed by atoms with Gasteiger partial charge in [-0.2, -0.15) is 5.10 Å². The molecule has 2 aliphatic rings. The SMILES string of the molecule is Cn1cc(CN2CCN3C(=O)N(c4ccccc4)C(=O)[C@H]3C2)cn1. The van der Waals surface area contributed by atoms with E-state index in [-0.39, 0.29) is 11.9 Å². The van der Waals surface area contributed by atoms with E-state index in [4.69, 9.17) is 0 Å². The molecule has 0 unspecified atom stereocenters. The number of aromatic nitrogens is 2. The summed E-state index contributed by atoms with van der Waals surface area (Å²) >= 11 is 0. The van der Waals surface area contributed by atoms with Gasteiger partial charge in [-0.3, -0.25) is 14.4 Å². The lowest BCUT2D eigenvalue weighted by Crippen LogP contribution is -2.52. The highest BCUT2D eigenvalue weighted by molar-refractivity contribution is 6.21. The topological polar surface area (TPSA) is 61.7 Å². The number of carbonyl (C=O) groups excluding carboxylic acids is 2. The van der Waals surface area contributed by atoms with Crippen LogP contribution in [0.4, 0.5) is 10.5 Å². The first-order valence-electron chi connectivity index (χ1n) is 8.03. The fourth-order valence-electron chi connectivity index (χ4n) is 3.42. The van der Waals surface area contributed by atoms with E-state index in [0.717, 1.165) is 18.7 Å². The Kier molecular flexibility index (Phi) is 3.57. The van der Waals surface area contributed by atoms with Crippen LogP contribution in [0.5, 0.6) is 0 Å². The van der Waals surface area contributed by atoms with E-state index in [9.17, 15) is 9.59 Å². The maximum absolute atomic E-state index is 12.8. The van der Waals surface area contributed by atoms with Gasteiger partial charge in [0.2, 0.25) is 0 Å². The number of nitrogens with zero attached hydrogens (tertiary/aromatic N) is 5. The summed E-state index contributed by atoms with van der Waals surface area (Å²) in [6, 6.07) is 8.52. The van der Waals surface area contributed by atoms with Gasteiger partial charge in [0.15, 0.2) is 0 Å². The standard InChI is InChI=1S/C17H19N5O2/c1-19-10-13(9-18-19)11-20-7-8-21-15(12-20)16(23)22(17(21)24)14-5-3-2-4-6-14/h2-6,9-10,15H,7-8,11-12H2,1H3/t15-/m1/s1. The minimum atomic E-state index is -0.400. The van der Waals surface area contributed by atoms with Crippen molar-refractivity contribution in [3.05, 3.63) is 48.3 Å². The predicted molar refractivity (Wildman–Crippen MR) is 88.3 cm³/mol. The molecule has 2 saturated heterocycles. The summed E-state index contributed by atoms with van der Waals surface area (Å²) in [5.74, 6) is -0.137. The van der Waals surface area contributed by atoms with Crippen molar-refractivity contribution in [2.45, 2.75) is 12.6 Å². The summed E-state index contributed by atoms with van der Waals surface area (Å²) in [7, 11) is 1.89. The molecule has 0 aliphatic carbocycles. The lowest BCUT2D eigenvalue weighted by atomic mass is 10.1. The number of para-hydroxylation sites is 1. The fraction of sp³-hybridized carbons (Fsp3) is 0.353. The number of benzene rings is 1. The van der Waals surface area contributed by atoms with E-state index >= 15 is 0 Å². The van der Waals surface area contributed by atoms with Crippen molar-refractivity contribution in [1.82, 2.24) is 19.6 Å². The fourth-order valence-corrected chi connectivity index (χ4v) is 3.42. The van der Waals surface area contributed by atoms with E-state index in [1.807, 2.05) is 37.6 Å². The average Bonchev–Trinajstić information content (AvgIpc) is 3.10. The normalized spacial score (nSPS) is 21.5. The molecule has 1 aromatic heterocycles. The minimum absolute atomic E-state index is 0.137. The van der Waals surface area contributed by atoms with Gasteiger partial charge in [-0.25, -0.2) is 9.69 Å². The Labute approximate surface area is 140 Å². The third-order valence-electron chi connectivity index (χ3n) is 4.59. The van der Waals surface area contributed by atoms with E-state index < -0.39 is 6.04 Å². The maximum atomic E-state index is 12.8. The third kappa shape index (κ3) is 2.46. The van der Waals surface area contributed by atoms with Crippen molar-refractivity contribution in [3.8, 4) is 0 Å². The van der Waals surface area contributed by atoms with Gasteiger partial charge >= 0.3 is 6.03 Å². The van der Waals surface area contributed by atoms with Crippen LogP contribution in [0.15, 0.2) is 42.7 Å². The van der Waals surface area contributed by atoms with Crippen LogP contribution in [0, 0.1) is 0 Å². The van der Waals surface area contributed by atoms with Crippen molar-refractivity contribution in [2.24, 2.45) is 7.05 Å². The highest BCUT2D eigenvalue weighted by Crippen LogP contribution is 2.27. The second-order valence-corrected chi connectivity index (χ2v) is 6.26. The van der Waals surface area contributed by atoms with Crippen LogP contribution in [0.2, 0.25) is 0 Å². The van der Waals surface area contributed by atoms with Gasteiger partial charge in [-0.05, 0) is 12.1 Å². The van der Waals surface area contributed by atoms with Crippen molar-refractivity contribution in [3.63, 3.8) is 0 Å². The number of urea groups is 1. The number of amides is 3. The number of rotatable bonds is 3. The van der Waals surface area contributed by atoms with Crippen molar-refractivity contribution in [1.29, 1.82) is 0 Å². The Morgan fingerprint density at radius 3 is 2.67 bits per heavy atom. The number of anilines is 1. The van der Waals surface area contributed by atoms with E-state index in [1.54, 1.807) is 21.7 Å². The monoisotopic (exact) mass is 325 g/mol. The molecule has 2 aromatic rings. The van der Waals surface area contributed by atoms with Crippen LogP contribution < -0.4 is 4.90 Å². The second kappa shape index (κ2) is 5.76. The van der Waals surface area contributed by atoms with Crippen LogP contribution in [0.3, 0.4) is 0 Å². The Morgan fingerprint density at radius 2 is 1.96 bits per heavy atom. The molecule has 3 amide bonds. The van der Waals surface area contributed by atoms with Gasteiger partial charge in [0, 0.05) is 45.0 Å².